The van der Waals surface area contributed by atoms with Gasteiger partial charge in [-0.2, -0.15) is 0 Å². The molecule has 0 aliphatic carbocycles. The number of amides is 1. The molecule has 0 saturated heterocycles. The third-order valence-corrected chi connectivity index (χ3v) is 4.89. The van der Waals surface area contributed by atoms with Crippen LogP contribution in [-0.4, -0.2) is 51.3 Å². The first-order valence-corrected chi connectivity index (χ1v) is 9.91. The minimum absolute atomic E-state index is 0.0268. The van der Waals surface area contributed by atoms with Gasteiger partial charge in [-0.05, 0) is 24.1 Å². The maximum Gasteiger partial charge on any atom is 0.339 e. The number of hydrogen-bond acceptors (Lipinski definition) is 6. The molecule has 2 aromatic rings. The van der Waals surface area contributed by atoms with Gasteiger partial charge in [0.15, 0.2) is 0 Å². The maximum absolute atomic E-state index is 12.7. The first kappa shape index (κ1) is 24.7. The van der Waals surface area contributed by atoms with Crippen molar-refractivity contribution in [3.63, 3.8) is 0 Å². The van der Waals surface area contributed by atoms with Gasteiger partial charge in [-0.25, -0.2) is 9.59 Å². The lowest BCUT2D eigenvalue weighted by Gasteiger charge is -2.19. The maximum atomic E-state index is 12.7. The molecule has 0 fully saturated rings. The molecule has 0 aliphatic rings. The first-order chi connectivity index (χ1) is 15.0. The first-order valence-electron chi connectivity index (χ1n) is 9.53. The highest BCUT2D eigenvalue weighted by Gasteiger charge is 2.29. The molecule has 32 heavy (non-hydrogen) atoms. The van der Waals surface area contributed by atoms with Crippen LogP contribution < -0.4 is 5.32 Å². The fraction of sp³-hybridized carbons (Fsp3) is 0.273. The minimum atomic E-state index is -1.55. The number of carboxylic acids is 2. The predicted molar refractivity (Wildman–Crippen MR) is 114 cm³/mol. The van der Waals surface area contributed by atoms with Gasteiger partial charge in [0.2, 0.25) is 0 Å². The van der Waals surface area contributed by atoms with E-state index in [1.807, 2.05) is 0 Å². The lowest BCUT2D eigenvalue weighted by Crippen LogP contribution is -2.42. The molecular weight excluding hydrogens is 442 g/mol. The molecule has 0 saturated carbocycles. The van der Waals surface area contributed by atoms with E-state index < -0.39 is 52.8 Å². The molecule has 0 radical (unpaired) electrons. The highest BCUT2D eigenvalue weighted by molar-refractivity contribution is 6.32. The molecule has 9 nitrogen and oxygen atoms in total. The van der Waals surface area contributed by atoms with Gasteiger partial charge in [0, 0.05) is 24.8 Å². The molecule has 1 unspecified atom stereocenters. The Morgan fingerprint density at radius 1 is 1.09 bits per heavy atom. The second-order valence-corrected chi connectivity index (χ2v) is 7.50. The lowest BCUT2D eigenvalue weighted by molar-refractivity contribution is -0.145. The number of aliphatic carboxylic acids is 1. The van der Waals surface area contributed by atoms with E-state index in [9.17, 15) is 34.5 Å². The highest BCUT2D eigenvalue weighted by atomic mass is 35.5. The molecule has 2 atom stereocenters. The van der Waals surface area contributed by atoms with Crippen molar-refractivity contribution in [2.75, 3.05) is 0 Å². The summed E-state index contributed by atoms with van der Waals surface area (Å²) in [5.74, 6) is -5.31. The second kappa shape index (κ2) is 10.6. The van der Waals surface area contributed by atoms with Crippen LogP contribution in [0.2, 0.25) is 5.02 Å². The minimum Gasteiger partial charge on any atom is -0.506 e. The van der Waals surface area contributed by atoms with E-state index in [0.29, 0.717) is 5.56 Å². The van der Waals surface area contributed by atoms with E-state index in [1.165, 1.54) is 13.8 Å². The summed E-state index contributed by atoms with van der Waals surface area (Å²) >= 11 is 6.19. The van der Waals surface area contributed by atoms with Crippen LogP contribution in [0.4, 0.5) is 0 Å². The van der Waals surface area contributed by atoms with Crippen LogP contribution in [0.15, 0.2) is 36.4 Å². The number of carbonyl (C=O) groups excluding carboxylic acids is 2. The van der Waals surface area contributed by atoms with Gasteiger partial charge in [-0.1, -0.05) is 41.9 Å². The molecule has 0 heterocycles. The molecule has 2 rings (SSSR count). The molecule has 1 amide bonds. The average Bonchev–Trinajstić information content (AvgIpc) is 2.69. The molecule has 0 aromatic heterocycles. The summed E-state index contributed by atoms with van der Waals surface area (Å²) in [5, 5.41) is 31.7. The molecule has 2 aromatic carbocycles. The van der Waals surface area contributed by atoms with Gasteiger partial charge in [0.1, 0.15) is 23.5 Å². The van der Waals surface area contributed by atoms with Crippen LogP contribution in [0.1, 0.15) is 45.7 Å². The van der Waals surface area contributed by atoms with Crippen molar-refractivity contribution in [3.8, 4) is 5.75 Å². The van der Waals surface area contributed by atoms with E-state index >= 15 is 0 Å². The zero-order valence-electron chi connectivity index (χ0n) is 17.3. The number of benzene rings is 2. The van der Waals surface area contributed by atoms with E-state index in [-0.39, 0.29) is 23.4 Å². The van der Waals surface area contributed by atoms with Gasteiger partial charge < -0.3 is 25.4 Å². The molecule has 0 aliphatic heterocycles. The van der Waals surface area contributed by atoms with Crippen molar-refractivity contribution >= 4 is 35.4 Å². The van der Waals surface area contributed by atoms with Crippen LogP contribution in [0.25, 0.3) is 0 Å². The Morgan fingerprint density at radius 3 is 2.25 bits per heavy atom. The summed E-state index contributed by atoms with van der Waals surface area (Å²) in [6.45, 7) is 2.71. The van der Waals surface area contributed by atoms with Crippen LogP contribution in [-0.2, 0) is 27.2 Å². The summed E-state index contributed by atoms with van der Waals surface area (Å²) in [5.41, 5.74) is -0.489. The largest absolute Gasteiger partial charge is 0.506 e. The number of aromatic carboxylic acids is 1. The van der Waals surface area contributed by atoms with Crippen LogP contribution in [0, 0.1) is 0 Å². The Morgan fingerprint density at radius 2 is 1.72 bits per heavy atom. The molecule has 0 bridgehead atoms. The van der Waals surface area contributed by atoms with Crippen molar-refractivity contribution in [1.82, 2.24) is 5.32 Å². The van der Waals surface area contributed by atoms with Gasteiger partial charge in [0.05, 0.1) is 5.56 Å². The average molecular weight is 464 g/mol. The van der Waals surface area contributed by atoms with Crippen molar-refractivity contribution < 1.29 is 39.2 Å². The predicted octanol–water partition coefficient (Wildman–Crippen LogP) is 2.66. The normalized spacial score (nSPS) is 12.5. The zero-order valence-corrected chi connectivity index (χ0v) is 18.0. The number of carboxylic acid groups (broad SMARTS) is 2. The van der Waals surface area contributed by atoms with Gasteiger partial charge in [0.25, 0.3) is 5.91 Å². The van der Waals surface area contributed by atoms with Crippen LogP contribution in [0.3, 0.4) is 0 Å². The summed E-state index contributed by atoms with van der Waals surface area (Å²) < 4.78 is 4.98. The van der Waals surface area contributed by atoms with Crippen molar-refractivity contribution in [2.45, 2.75) is 38.8 Å². The number of esters is 1. The molecule has 170 valence electrons. The molecular formula is C22H22ClNO8. The summed E-state index contributed by atoms with van der Waals surface area (Å²) in [6.07, 6.45) is -0.897. The Bertz CT molecular complexity index is 1040. The van der Waals surface area contributed by atoms with Crippen LogP contribution in [0.5, 0.6) is 5.75 Å². The van der Waals surface area contributed by atoms with Crippen molar-refractivity contribution in [3.05, 3.63) is 63.7 Å². The third kappa shape index (κ3) is 6.21. The summed E-state index contributed by atoms with van der Waals surface area (Å²) in [6, 6.07) is 8.30. The van der Waals surface area contributed by atoms with Crippen molar-refractivity contribution in [1.29, 1.82) is 0 Å². The molecule has 0 spiro atoms. The van der Waals surface area contributed by atoms with E-state index in [1.54, 1.807) is 30.3 Å². The van der Waals surface area contributed by atoms with Gasteiger partial charge >= 0.3 is 17.9 Å². The quantitative estimate of drug-likeness (QED) is 0.414. The molecule has 4 N–H and O–H groups in total. The smallest absolute Gasteiger partial charge is 0.339 e. The highest BCUT2D eigenvalue weighted by Crippen LogP contribution is 2.33. The van der Waals surface area contributed by atoms with Crippen LogP contribution >= 0.6 is 11.6 Å². The SMILES string of the molecule is CC(=O)OC(C)Cc1c(Cl)cc(C(=O)N[C@@H](Cc2ccccc2)C(=O)O)c(O)c1C(=O)O. The Labute approximate surface area is 188 Å². The second-order valence-electron chi connectivity index (χ2n) is 7.09. The number of hydrogen-bond donors (Lipinski definition) is 4. The number of halogens is 1. The number of aromatic hydroxyl groups is 1. The fourth-order valence-corrected chi connectivity index (χ4v) is 3.46. The summed E-state index contributed by atoms with van der Waals surface area (Å²) in [7, 11) is 0. The third-order valence-electron chi connectivity index (χ3n) is 4.56. The Hall–Kier alpha value is -3.59. The molecule has 10 heteroatoms. The number of carbonyl (C=O) groups is 4. The monoisotopic (exact) mass is 463 g/mol. The standard InChI is InChI=1S/C22H22ClNO8/c1-11(32-12(2)25)8-14-16(23)10-15(19(26)18(14)22(30)31)20(27)24-17(21(28)29)9-13-6-4-3-5-7-13/h3-7,10-11,17,26H,8-9H2,1-2H3,(H,24,27)(H,28,29)(H,30,31)/t11?,17-/m0/s1. The summed E-state index contributed by atoms with van der Waals surface area (Å²) in [4.78, 5) is 47.3. The lowest BCUT2D eigenvalue weighted by atomic mass is 9.97. The number of phenols is 1. The fourth-order valence-electron chi connectivity index (χ4n) is 3.18. The van der Waals surface area contributed by atoms with E-state index in [2.05, 4.69) is 5.32 Å². The van der Waals surface area contributed by atoms with Crippen molar-refractivity contribution in [2.24, 2.45) is 0 Å². The zero-order chi connectivity index (χ0) is 24.0. The van der Waals surface area contributed by atoms with E-state index in [4.69, 9.17) is 16.3 Å². The Kier molecular flexibility index (Phi) is 8.20. The van der Waals surface area contributed by atoms with Gasteiger partial charge in [-0.15, -0.1) is 0 Å². The Balaban J connectivity index is 2.37. The number of ether oxygens (including phenoxy) is 1. The number of nitrogens with one attached hydrogen (secondary N) is 1. The van der Waals surface area contributed by atoms with E-state index in [0.717, 1.165) is 6.07 Å². The topological polar surface area (TPSA) is 150 Å². The van der Waals surface area contributed by atoms with Gasteiger partial charge in [-0.3, -0.25) is 9.59 Å². The number of rotatable bonds is 9.